The van der Waals surface area contributed by atoms with Gasteiger partial charge in [-0.05, 0) is 0 Å². The average Bonchev–Trinajstić information content (AvgIpc) is 3.24. The molecule has 334 valence electrons. The zero-order valence-corrected chi connectivity index (χ0v) is 47.3. The van der Waals surface area contributed by atoms with Crippen molar-refractivity contribution in [3.63, 3.8) is 0 Å². The summed E-state index contributed by atoms with van der Waals surface area (Å²) in [6, 6.07) is 34.5. The van der Waals surface area contributed by atoms with Crippen LogP contribution in [0, 0.1) is 11.6 Å². The van der Waals surface area contributed by atoms with Gasteiger partial charge < -0.3 is 0 Å². The van der Waals surface area contributed by atoms with Crippen molar-refractivity contribution >= 4 is 39.7 Å². The molecule has 0 N–H and O–H groups in total. The van der Waals surface area contributed by atoms with E-state index in [1.54, 1.807) is 0 Å². The Bertz CT molecular complexity index is 2260. The van der Waals surface area contributed by atoms with Crippen molar-refractivity contribution in [2.24, 2.45) is 0 Å². The number of rotatable bonds is 12. The van der Waals surface area contributed by atoms with Crippen LogP contribution in [0.3, 0.4) is 0 Å². The van der Waals surface area contributed by atoms with E-state index < -0.39 is 32.5 Å². The van der Waals surface area contributed by atoms with E-state index in [9.17, 15) is 0 Å². The Morgan fingerprint density at radius 1 is 0.281 bits per heavy atom. The van der Waals surface area contributed by atoms with Crippen LogP contribution in [-0.2, 0) is 0 Å². The van der Waals surface area contributed by atoms with Gasteiger partial charge in [0.15, 0.2) is 0 Å². The van der Waals surface area contributed by atoms with E-state index in [2.05, 4.69) is 184 Å². The molecule has 0 bridgehead atoms. The number of hydrogen-bond acceptors (Lipinski definition) is 0. The zero-order chi connectivity index (χ0) is 46.9. The molecule has 0 radical (unpaired) electrons. The molecule has 0 aliphatic heterocycles. The summed E-state index contributed by atoms with van der Waals surface area (Å²) in [7, 11) is 0. The molecule has 4 heteroatoms. The molecule has 64 heavy (non-hydrogen) atoms. The van der Waals surface area contributed by atoms with Gasteiger partial charge in [0.1, 0.15) is 0 Å². The molecule has 6 aromatic carbocycles. The van der Waals surface area contributed by atoms with E-state index in [1.165, 1.54) is 73.9 Å². The molecule has 6 rings (SSSR count). The van der Waals surface area contributed by atoms with Gasteiger partial charge in [-0.3, -0.25) is 0 Å². The molecule has 0 saturated heterocycles. The second-order valence-corrected chi connectivity index (χ2v) is 34.3. The van der Waals surface area contributed by atoms with Gasteiger partial charge in [0, 0.05) is 0 Å². The topological polar surface area (TPSA) is 0 Å². The summed E-state index contributed by atoms with van der Waals surface area (Å²) in [5.41, 5.74) is 19.4. The Kier molecular flexibility index (Phi) is 16.6. The summed E-state index contributed by atoms with van der Waals surface area (Å²) in [5, 5.41) is 0. The summed E-state index contributed by atoms with van der Waals surface area (Å²) >= 11 is -3.16. The van der Waals surface area contributed by atoms with Crippen LogP contribution in [0.25, 0.3) is 44.5 Å². The van der Waals surface area contributed by atoms with Crippen LogP contribution in [0.1, 0.15) is 203 Å². The molecule has 0 fully saturated rings. The zero-order valence-electron chi connectivity index (χ0n) is 41.6. The third-order valence-electron chi connectivity index (χ3n) is 13.1. The number of halogens is 2. The summed E-state index contributed by atoms with van der Waals surface area (Å²) in [5.74, 6) is 1.70. The van der Waals surface area contributed by atoms with E-state index in [0.29, 0.717) is 0 Å². The minimum atomic E-state index is -1.58. The van der Waals surface area contributed by atoms with Crippen molar-refractivity contribution in [1.29, 1.82) is 0 Å². The van der Waals surface area contributed by atoms with Crippen molar-refractivity contribution < 1.29 is 8.78 Å². The molecule has 0 nitrogen and oxygen atoms in total. The third kappa shape index (κ3) is 10.3. The van der Waals surface area contributed by atoms with Crippen LogP contribution >= 0.6 is 0 Å². The maximum absolute atomic E-state index is 17.0. The fraction of sp³-hybridized carbons (Fsp3) is 0.400. The fourth-order valence-corrected chi connectivity index (χ4v) is 29.4. The first-order chi connectivity index (χ1) is 30.2. The molecule has 0 saturated carbocycles. The minimum absolute atomic E-state index is 0.178. The van der Waals surface area contributed by atoms with Crippen LogP contribution in [0.2, 0.25) is 0 Å². The Morgan fingerprint density at radius 2 is 0.438 bits per heavy atom. The molecule has 0 heterocycles. The average molecular weight is 1070 g/mol. The first kappa shape index (κ1) is 50.2. The molecule has 6 aromatic rings. The molecule has 0 spiro atoms. The molecular weight excluding hydrogens is 996 g/mol. The molecule has 0 aliphatic rings. The Labute approximate surface area is 401 Å². The maximum atomic E-state index is 17.0. The molecule has 0 aliphatic carbocycles. The van der Waals surface area contributed by atoms with Gasteiger partial charge >= 0.3 is 404 Å². The summed E-state index contributed by atoms with van der Waals surface area (Å²) in [6.45, 7) is 36.4. The van der Waals surface area contributed by atoms with Gasteiger partial charge in [-0.2, -0.15) is 0 Å². The third-order valence-corrected chi connectivity index (χ3v) is 29.9. The standard InChI is InChI=1S/2C30H36F.2Sn/c2*1-18(2)25-11-9-12-26(19(3)4)29(25)22-15-23(17-24(31)16-22)30-27(20(5)6)13-10-14-28(30)21(7)8;;/h2*9-14,16-21H,1-8H3;;. The van der Waals surface area contributed by atoms with Crippen molar-refractivity contribution in [2.45, 2.75) is 158 Å². The monoisotopic (exact) mass is 1070 g/mol. The first-order valence-corrected chi connectivity index (χ1v) is 37.8. The van der Waals surface area contributed by atoms with Gasteiger partial charge in [-0.15, -0.1) is 0 Å². The van der Waals surface area contributed by atoms with Gasteiger partial charge in [-0.1, -0.05) is 0 Å². The number of benzene rings is 6. The van der Waals surface area contributed by atoms with Crippen molar-refractivity contribution in [1.82, 2.24) is 0 Å². The van der Waals surface area contributed by atoms with Gasteiger partial charge in [0.2, 0.25) is 0 Å². The molecule has 0 unspecified atom stereocenters. The molecule has 0 amide bonds. The van der Waals surface area contributed by atoms with Crippen LogP contribution < -0.4 is 7.16 Å². The second-order valence-electron chi connectivity index (χ2n) is 20.5. The molecule has 0 aromatic heterocycles. The predicted molar refractivity (Wildman–Crippen MR) is 278 cm³/mol. The van der Waals surface area contributed by atoms with Crippen LogP contribution in [0.4, 0.5) is 8.78 Å². The van der Waals surface area contributed by atoms with Crippen molar-refractivity contribution in [3.8, 4) is 44.5 Å². The predicted octanol–water partition coefficient (Wildman–Crippen LogP) is 16.9. The quantitative estimate of drug-likeness (QED) is 0.107. The summed E-state index contributed by atoms with van der Waals surface area (Å²) in [6.07, 6.45) is 0. The first-order valence-electron chi connectivity index (χ1n) is 24.0. The van der Waals surface area contributed by atoms with E-state index in [-0.39, 0.29) is 59.0 Å². The summed E-state index contributed by atoms with van der Waals surface area (Å²) < 4.78 is 36.7. The fourth-order valence-electron chi connectivity index (χ4n) is 9.84. The normalized spacial score (nSPS) is 12.0. The van der Waals surface area contributed by atoms with Crippen LogP contribution in [0.5, 0.6) is 0 Å². The molecular formula is C60H72F2Sn2. The van der Waals surface area contributed by atoms with Crippen LogP contribution in [0.15, 0.2) is 97.1 Å². The van der Waals surface area contributed by atoms with Gasteiger partial charge in [0.25, 0.3) is 0 Å². The van der Waals surface area contributed by atoms with Gasteiger partial charge in [0.05, 0.1) is 0 Å². The SMILES string of the molecule is CC(C)c1cccc(C(C)C)c1-c1cc(F)cc(-c2c(C(C)C)cccc2C(C)C)[c]1[Sn]#[Sn][c]1c(-c2c(C(C)C)cccc2C(C)C)cc(F)cc1-c1c(C(C)C)cccc1C(C)C. The molecule has 0 atom stereocenters. The van der Waals surface area contributed by atoms with Gasteiger partial charge in [-0.25, -0.2) is 0 Å². The van der Waals surface area contributed by atoms with E-state index in [4.69, 9.17) is 0 Å². The second kappa shape index (κ2) is 21.2. The Balaban J connectivity index is 1.93. The van der Waals surface area contributed by atoms with E-state index >= 15 is 8.78 Å². The summed E-state index contributed by atoms with van der Waals surface area (Å²) in [4.78, 5) is 0. The van der Waals surface area contributed by atoms with E-state index in [0.717, 1.165) is 22.3 Å². The van der Waals surface area contributed by atoms with Crippen molar-refractivity contribution in [3.05, 3.63) is 153 Å². The van der Waals surface area contributed by atoms with E-state index in [1.807, 2.05) is 24.3 Å². The number of hydrogen-bond donors (Lipinski definition) is 0. The van der Waals surface area contributed by atoms with Crippen molar-refractivity contribution in [2.75, 3.05) is 0 Å². The Hall–Kier alpha value is -3.22. The van der Waals surface area contributed by atoms with Crippen LogP contribution in [-0.4, -0.2) is 32.5 Å². The Morgan fingerprint density at radius 3 is 0.578 bits per heavy atom.